The van der Waals surface area contributed by atoms with Crippen LogP contribution in [0.5, 0.6) is 0 Å². The summed E-state index contributed by atoms with van der Waals surface area (Å²) in [6.07, 6.45) is -0.0972. The topological polar surface area (TPSA) is 95.5 Å². The predicted octanol–water partition coefficient (Wildman–Crippen LogP) is 2.00. The third kappa shape index (κ3) is 6.71. The van der Waals surface area contributed by atoms with Crippen LogP contribution in [-0.4, -0.2) is 28.9 Å². The van der Waals surface area contributed by atoms with Crippen molar-refractivity contribution in [2.24, 2.45) is 0 Å². The van der Waals surface area contributed by atoms with Crippen molar-refractivity contribution in [3.05, 3.63) is 34.3 Å². The standard InChI is InChI=1S/C15H19BrN2O4/c1-9(7-15(21)22)17-14(20)8-13(18-10(2)19)11-3-5-12(16)6-4-11/h3-6,9,13H,7-8H2,1-2H3,(H,17,20)(H,18,19)(H,21,22). The van der Waals surface area contributed by atoms with E-state index >= 15 is 0 Å². The Labute approximate surface area is 137 Å². The van der Waals surface area contributed by atoms with E-state index < -0.39 is 18.1 Å². The first-order valence-corrected chi connectivity index (χ1v) is 7.61. The first-order valence-electron chi connectivity index (χ1n) is 6.81. The summed E-state index contributed by atoms with van der Waals surface area (Å²) in [5.41, 5.74) is 0.805. The first-order chi connectivity index (χ1) is 10.3. The molecule has 1 rings (SSSR count). The van der Waals surface area contributed by atoms with Gasteiger partial charge in [-0.05, 0) is 24.6 Å². The molecule has 0 saturated heterocycles. The molecule has 3 N–H and O–H groups in total. The van der Waals surface area contributed by atoms with E-state index in [9.17, 15) is 14.4 Å². The molecule has 0 saturated carbocycles. The summed E-state index contributed by atoms with van der Waals surface area (Å²) in [7, 11) is 0. The Morgan fingerprint density at radius 2 is 1.73 bits per heavy atom. The number of rotatable bonds is 7. The molecule has 0 spiro atoms. The van der Waals surface area contributed by atoms with Crippen LogP contribution in [0.25, 0.3) is 0 Å². The van der Waals surface area contributed by atoms with E-state index in [1.807, 2.05) is 24.3 Å². The Hall–Kier alpha value is -1.89. The van der Waals surface area contributed by atoms with Crippen molar-refractivity contribution in [3.63, 3.8) is 0 Å². The van der Waals surface area contributed by atoms with Crippen LogP contribution in [0.3, 0.4) is 0 Å². The molecule has 7 heteroatoms. The molecule has 0 fully saturated rings. The Morgan fingerprint density at radius 3 is 2.23 bits per heavy atom. The second kappa shape index (κ2) is 8.53. The summed E-state index contributed by atoms with van der Waals surface area (Å²) in [6.45, 7) is 3.01. The van der Waals surface area contributed by atoms with Crippen molar-refractivity contribution in [2.75, 3.05) is 0 Å². The number of hydrogen-bond acceptors (Lipinski definition) is 3. The van der Waals surface area contributed by atoms with Gasteiger partial charge in [-0.2, -0.15) is 0 Å². The van der Waals surface area contributed by atoms with Gasteiger partial charge in [-0.25, -0.2) is 0 Å². The summed E-state index contributed by atoms with van der Waals surface area (Å²) in [6, 6.07) is 6.37. The molecule has 2 atom stereocenters. The highest BCUT2D eigenvalue weighted by Crippen LogP contribution is 2.20. The lowest BCUT2D eigenvalue weighted by molar-refractivity contribution is -0.137. The molecule has 120 valence electrons. The van der Waals surface area contributed by atoms with Crippen molar-refractivity contribution < 1.29 is 19.5 Å². The Morgan fingerprint density at radius 1 is 1.14 bits per heavy atom. The maximum atomic E-state index is 12.0. The van der Waals surface area contributed by atoms with E-state index in [4.69, 9.17) is 5.11 Å². The average Bonchev–Trinajstić information content (AvgIpc) is 2.36. The number of hydrogen-bond donors (Lipinski definition) is 3. The van der Waals surface area contributed by atoms with Crippen molar-refractivity contribution >= 4 is 33.7 Å². The molecule has 0 bridgehead atoms. The van der Waals surface area contributed by atoms with Crippen molar-refractivity contribution in [3.8, 4) is 0 Å². The van der Waals surface area contributed by atoms with Crippen LogP contribution in [0.4, 0.5) is 0 Å². The molecule has 2 unspecified atom stereocenters. The van der Waals surface area contributed by atoms with Crippen LogP contribution in [0.1, 0.15) is 38.3 Å². The zero-order chi connectivity index (χ0) is 16.7. The molecule has 1 aromatic rings. The largest absolute Gasteiger partial charge is 0.481 e. The van der Waals surface area contributed by atoms with Gasteiger partial charge in [0.2, 0.25) is 11.8 Å². The molecule has 6 nitrogen and oxygen atoms in total. The highest BCUT2D eigenvalue weighted by atomic mass is 79.9. The summed E-state index contributed by atoms with van der Waals surface area (Å²) in [4.78, 5) is 33.9. The zero-order valence-electron chi connectivity index (χ0n) is 12.4. The van der Waals surface area contributed by atoms with Crippen LogP contribution in [0.2, 0.25) is 0 Å². The number of carbonyl (C=O) groups is 3. The van der Waals surface area contributed by atoms with Crippen LogP contribution in [0.15, 0.2) is 28.7 Å². The molecule has 0 aliphatic rings. The van der Waals surface area contributed by atoms with Gasteiger partial charge >= 0.3 is 5.97 Å². The summed E-state index contributed by atoms with van der Waals surface area (Å²) < 4.78 is 0.900. The maximum absolute atomic E-state index is 12.0. The molecule has 0 radical (unpaired) electrons. The van der Waals surface area contributed by atoms with Gasteiger partial charge in [-0.15, -0.1) is 0 Å². The lowest BCUT2D eigenvalue weighted by atomic mass is 10.0. The second-order valence-corrected chi connectivity index (χ2v) is 5.99. The van der Waals surface area contributed by atoms with E-state index in [0.29, 0.717) is 0 Å². The fourth-order valence-electron chi connectivity index (χ4n) is 2.02. The van der Waals surface area contributed by atoms with Crippen molar-refractivity contribution in [1.82, 2.24) is 10.6 Å². The van der Waals surface area contributed by atoms with Crippen LogP contribution in [-0.2, 0) is 14.4 Å². The van der Waals surface area contributed by atoms with E-state index in [2.05, 4.69) is 26.6 Å². The van der Waals surface area contributed by atoms with E-state index in [-0.39, 0.29) is 24.7 Å². The van der Waals surface area contributed by atoms with Gasteiger partial charge in [-0.1, -0.05) is 28.1 Å². The lowest BCUT2D eigenvalue weighted by Gasteiger charge is -2.19. The summed E-state index contributed by atoms with van der Waals surface area (Å²) in [5, 5.41) is 14.0. The van der Waals surface area contributed by atoms with Crippen LogP contribution in [0, 0.1) is 0 Å². The third-order valence-corrected chi connectivity index (χ3v) is 3.46. The molecular weight excluding hydrogens is 352 g/mol. The summed E-state index contributed by atoms with van der Waals surface area (Å²) in [5.74, 6) is -1.52. The number of carboxylic acids is 1. The van der Waals surface area contributed by atoms with E-state index in [1.54, 1.807) is 6.92 Å². The number of carboxylic acid groups (broad SMARTS) is 1. The highest BCUT2D eigenvalue weighted by molar-refractivity contribution is 9.10. The molecule has 0 heterocycles. The van der Waals surface area contributed by atoms with Gasteiger partial charge in [0.25, 0.3) is 0 Å². The SMILES string of the molecule is CC(=O)NC(CC(=O)NC(C)CC(=O)O)c1ccc(Br)cc1. The number of benzene rings is 1. The maximum Gasteiger partial charge on any atom is 0.305 e. The number of carbonyl (C=O) groups excluding carboxylic acids is 2. The number of aliphatic carboxylic acids is 1. The van der Waals surface area contributed by atoms with Crippen molar-refractivity contribution in [2.45, 2.75) is 38.8 Å². The van der Waals surface area contributed by atoms with Gasteiger partial charge in [0, 0.05) is 17.4 Å². The van der Waals surface area contributed by atoms with Gasteiger partial charge in [-0.3, -0.25) is 14.4 Å². The highest BCUT2D eigenvalue weighted by Gasteiger charge is 2.19. The Bertz CT molecular complexity index is 545. The lowest BCUT2D eigenvalue weighted by Crippen LogP contribution is -2.37. The monoisotopic (exact) mass is 370 g/mol. The summed E-state index contributed by atoms with van der Waals surface area (Å²) >= 11 is 3.33. The van der Waals surface area contributed by atoms with Crippen LogP contribution < -0.4 is 10.6 Å². The minimum absolute atomic E-state index is 0.0468. The molecule has 1 aromatic carbocycles. The van der Waals surface area contributed by atoms with Crippen molar-refractivity contribution in [1.29, 1.82) is 0 Å². The average molecular weight is 371 g/mol. The van der Waals surface area contributed by atoms with Gasteiger partial charge < -0.3 is 15.7 Å². The second-order valence-electron chi connectivity index (χ2n) is 5.08. The molecule has 22 heavy (non-hydrogen) atoms. The smallest absolute Gasteiger partial charge is 0.305 e. The minimum atomic E-state index is -0.973. The molecule has 0 aliphatic carbocycles. The van der Waals surface area contributed by atoms with Crippen LogP contribution >= 0.6 is 15.9 Å². The van der Waals surface area contributed by atoms with Gasteiger partial charge in [0.1, 0.15) is 0 Å². The fraction of sp³-hybridized carbons (Fsp3) is 0.400. The van der Waals surface area contributed by atoms with E-state index in [0.717, 1.165) is 10.0 Å². The predicted molar refractivity (Wildman–Crippen MR) is 85.2 cm³/mol. The zero-order valence-corrected chi connectivity index (χ0v) is 14.0. The molecule has 2 amide bonds. The number of nitrogens with one attached hydrogen (secondary N) is 2. The number of amides is 2. The molecule has 0 aliphatic heterocycles. The molecule has 0 aromatic heterocycles. The number of halogens is 1. The third-order valence-electron chi connectivity index (χ3n) is 2.93. The Balaban J connectivity index is 2.72. The van der Waals surface area contributed by atoms with E-state index in [1.165, 1.54) is 6.92 Å². The fourth-order valence-corrected chi connectivity index (χ4v) is 2.29. The quantitative estimate of drug-likeness (QED) is 0.683. The first kappa shape index (κ1) is 18.2. The Kier molecular flexibility index (Phi) is 7.04. The minimum Gasteiger partial charge on any atom is -0.481 e. The van der Waals surface area contributed by atoms with Gasteiger partial charge in [0.15, 0.2) is 0 Å². The van der Waals surface area contributed by atoms with Gasteiger partial charge in [0.05, 0.1) is 18.9 Å². The molecular formula is C15H19BrN2O4. The normalized spacial score (nSPS) is 13.0.